The molecule has 0 fully saturated rings. The molecular formula is C25H25N5O3. The van der Waals surface area contributed by atoms with Gasteiger partial charge in [-0.15, -0.1) is 0 Å². The van der Waals surface area contributed by atoms with E-state index in [0.29, 0.717) is 52.3 Å². The van der Waals surface area contributed by atoms with Gasteiger partial charge in [-0.2, -0.15) is 0 Å². The van der Waals surface area contributed by atoms with Crippen molar-refractivity contribution >= 4 is 22.6 Å². The molecule has 8 heteroatoms. The van der Waals surface area contributed by atoms with Crippen LogP contribution >= 0.6 is 0 Å². The molecule has 168 valence electrons. The molecule has 2 aromatic carbocycles. The van der Waals surface area contributed by atoms with E-state index in [0.717, 1.165) is 0 Å². The van der Waals surface area contributed by atoms with Crippen molar-refractivity contribution in [2.45, 2.75) is 25.9 Å². The topological polar surface area (TPSA) is 112 Å². The number of hydrogen-bond donors (Lipinski definition) is 2. The van der Waals surface area contributed by atoms with Gasteiger partial charge in [0.15, 0.2) is 0 Å². The fourth-order valence-electron chi connectivity index (χ4n) is 3.61. The van der Waals surface area contributed by atoms with E-state index < -0.39 is 5.97 Å². The Labute approximate surface area is 191 Å². The van der Waals surface area contributed by atoms with Crippen LogP contribution in [0.3, 0.4) is 0 Å². The normalized spacial score (nSPS) is 11.8. The van der Waals surface area contributed by atoms with E-state index in [-0.39, 0.29) is 11.6 Å². The summed E-state index contributed by atoms with van der Waals surface area (Å²) in [6.45, 7) is 2.33. The summed E-state index contributed by atoms with van der Waals surface area (Å²) in [5.41, 5.74) is 9.15. The maximum absolute atomic E-state index is 13.7. The number of rotatable bonds is 7. The third-order valence-electron chi connectivity index (χ3n) is 5.42. The number of esters is 1. The highest BCUT2D eigenvalue weighted by atomic mass is 16.5. The van der Waals surface area contributed by atoms with Gasteiger partial charge in [0, 0.05) is 11.9 Å². The van der Waals surface area contributed by atoms with Crippen LogP contribution in [-0.2, 0) is 11.3 Å². The fraction of sp³-hybridized carbons (Fsp3) is 0.200. The molecule has 0 unspecified atom stereocenters. The highest BCUT2D eigenvalue weighted by Gasteiger charge is 2.19. The molecule has 2 heterocycles. The van der Waals surface area contributed by atoms with Crippen molar-refractivity contribution in [3.05, 3.63) is 94.3 Å². The molecule has 3 N–H and O–H groups in total. The second kappa shape index (κ2) is 9.62. The Morgan fingerprint density at radius 3 is 2.58 bits per heavy atom. The first-order valence-electron chi connectivity index (χ1n) is 10.7. The van der Waals surface area contributed by atoms with Crippen molar-refractivity contribution in [2.24, 2.45) is 5.73 Å². The molecule has 0 aliphatic carbocycles. The average Bonchev–Trinajstić information content (AvgIpc) is 2.87. The predicted molar refractivity (Wildman–Crippen MR) is 127 cm³/mol. The monoisotopic (exact) mass is 443 g/mol. The Morgan fingerprint density at radius 1 is 1.12 bits per heavy atom. The van der Waals surface area contributed by atoms with Crippen molar-refractivity contribution in [3.8, 4) is 5.69 Å². The predicted octanol–water partition coefficient (Wildman–Crippen LogP) is 3.59. The zero-order chi connectivity index (χ0) is 23.4. The van der Waals surface area contributed by atoms with Crippen LogP contribution in [0.1, 0.15) is 41.3 Å². The Balaban J connectivity index is 1.76. The second-order valence-electron chi connectivity index (χ2n) is 7.54. The smallest absolute Gasteiger partial charge is 0.339 e. The number of fused-ring (bicyclic) bond motifs is 1. The van der Waals surface area contributed by atoms with Gasteiger partial charge in [-0.25, -0.2) is 9.78 Å². The minimum atomic E-state index is -0.440. The lowest BCUT2D eigenvalue weighted by Crippen LogP contribution is -2.28. The summed E-state index contributed by atoms with van der Waals surface area (Å²) in [5.74, 6) is 0.0862. The minimum Gasteiger partial charge on any atom is -0.465 e. The molecule has 1 atom stereocenters. The average molecular weight is 444 g/mol. The van der Waals surface area contributed by atoms with Crippen molar-refractivity contribution in [3.63, 3.8) is 0 Å². The van der Waals surface area contributed by atoms with Crippen LogP contribution in [0.2, 0.25) is 0 Å². The zero-order valence-corrected chi connectivity index (χ0v) is 18.5. The first-order chi connectivity index (χ1) is 16.0. The molecule has 4 rings (SSSR count). The maximum atomic E-state index is 13.7. The number of carbonyl (C=O) groups is 1. The van der Waals surface area contributed by atoms with Crippen LogP contribution in [0.15, 0.2) is 71.7 Å². The van der Waals surface area contributed by atoms with E-state index in [1.165, 1.54) is 13.3 Å². The van der Waals surface area contributed by atoms with Gasteiger partial charge in [-0.1, -0.05) is 31.2 Å². The van der Waals surface area contributed by atoms with Gasteiger partial charge in [0.2, 0.25) is 0 Å². The Hall–Kier alpha value is -4.04. The molecule has 0 amide bonds. The Bertz CT molecular complexity index is 1330. The number of pyridine rings is 1. The van der Waals surface area contributed by atoms with E-state index in [4.69, 9.17) is 15.5 Å². The quantitative estimate of drug-likeness (QED) is 0.420. The van der Waals surface area contributed by atoms with Gasteiger partial charge in [-0.05, 0) is 42.8 Å². The number of nitrogens with two attached hydrogens (primary N) is 1. The minimum absolute atomic E-state index is 0.192. The van der Waals surface area contributed by atoms with E-state index >= 15 is 0 Å². The standard InChI is InChI=1S/C25H25N5O3/c1-3-19(26)23-29-21-11-7-10-20(22(21)24(31)30(23)18-8-5-4-6-9-18)28-15-17-13-12-16(14-27-17)25(32)33-2/h4-14,19,28H,3,15,26H2,1-2H3/t19-/m0/s1. The highest BCUT2D eigenvalue weighted by molar-refractivity contribution is 5.91. The first-order valence-corrected chi connectivity index (χ1v) is 10.7. The summed E-state index contributed by atoms with van der Waals surface area (Å²) in [6, 6.07) is 17.9. The number of nitrogens with one attached hydrogen (secondary N) is 1. The highest BCUT2D eigenvalue weighted by Crippen LogP contribution is 2.23. The third-order valence-corrected chi connectivity index (χ3v) is 5.42. The van der Waals surface area contributed by atoms with Gasteiger partial charge in [0.25, 0.3) is 5.56 Å². The van der Waals surface area contributed by atoms with Crippen LogP contribution in [-0.4, -0.2) is 27.6 Å². The van der Waals surface area contributed by atoms with Crippen LogP contribution < -0.4 is 16.6 Å². The molecule has 4 aromatic rings. The number of carbonyl (C=O) groups excluding carboxylic acids is 1. The Kier molecular flexibility index (Phi) is 6.46. The maximum Gasteiger partial charge on any atom is 0.339 e. The first kappa shape index (κ1) is 22.2. The summed E-state index contributed by atoms with van der Waals surface area (Å²) < 4.78 is 6.29. The van der Waals surface area contributed by atoms with Gasteiger partial charge in [0.1, 0.15) is 5.82 Å². The van der Waals surface area contributed by atoms with Crippen LogP contribution in [0.25, 0.3) is 16.6 Å². The number of anilines is 1. The largest absolute Gasteiger partial charge is 0.465 e. The number of nitrogens with zero attached hydrogens (tertiary/aromatic N) is 3. The summed E-state index contributed by atoms with van der Waals surface area (Å²) >= 11 is 0. The molecule has 0 bridgehead atoms. The number of para-hydroxylation sites is 1. The molecule has 33 heavy (non-hydrogen) atoms. The number of methoxy groups -OCH3 is 1. The van der Waals surface area contributed by atoms with E-state index in [1.807, 2.05) is 55.5 Å². The Morgan fingerprint density at radius 2 is 1.91 bits per heavy atom. The second-order valence-corrected chi connectivity index (χ2v) is 7.54. The van der Waals surface area contributed by atoms with Crippen molar-refractivity contribution < 1.29 is 9.53 Å². The molecule has 0 aliphatic rings. The molecule has 0 radical (unpaired) electrons. The summed E-state index contributed by atoms with van der Waals surface area (Å²) in [7, 11) is 1.33. The van der Waals surface area contributed by atoms with Gasteiger partial charge in [0.05, 0.1) is 47.5 Å². The molecule has 0 saturated heterocycles. The van der Waals surface area contributed by atoms with Crippen LogP contribution in [0.5, 0.6) is 0 Å². The fourth-order valence-corrected chi connectivity index (χ4v) is 3.61. The van der Waals surface area contributed by atoms with Gasteiger partial charge >= 0.3 is 5.97 Å². The van der Waals surface area contributed by atoms with Crippen LogP contribution in [0.4, 0.5) is 5.69 Å². The number of hydrogen-bond acceptors (Lipinski definition) is 7. The summed E-state index contributed by atoms with van der Waals surface area (Å²) in [5, 5.41) is 3.76. The van der Waals surface area contributed by atoms with Gasteiger partial charge < -0.3 is 15.8 Å². The van der Waals surface area contributed by atoms with Crippen molar-refractivity contribution in [1.29, 1.82) is 0 Å². The lowest BCUT2D eigenvalue weighted by molar-refractivity contribution is 0.0600. The zero-order valence-electron chi connectivity index (χ0n) is 18.5. The molecular weight excluding hydrogens is 418 g/mol. The molecule has 0 spiro atoms. The summed E-state index contributed by atoms with van der Waals surface area (Å²) in [4.78, 5) is 34.4. The molecule has 0 aliphatic heterocycles. The molecule has 0 saturated carbocycles. The lowest BCUT2D eigenvalue weighted by atomic mass is 10.1. The van der Waals surface area contributed by atoms with E-state index in [2.05, 4.69) is 10.3 Å². The van der Waals surface area contributed by atoms with Crippen molar-refractivity contribution in [2.75, 3.05) is 12.4 Å². The number of aromatic nitrogens is 3. The number of benzene rings is 2. The number of ether oxygens (including phenoxy) is 1. The lowest BCUT2D eigenvalue weighted by Gasteiger charge is -2.18. The van der Waals surface area contributed by atoms with Gasteiger partial charge in [-0.3, -0.25) is 14.3 Å². The molecule has 2 aromatic heterocycles. The summed E-state index contributed by atoms with van der Waals surface area (Å²) in [6.07, 6.45) is 2.12. The van der Waals surface area contributed by atoms with E-state index in [9.17, 15) is 9.59 Å². The van der Waals surface area contributed by atoms with Crippen LogP contribution in [0, 0.1) is 0 Å². The van der Waals surface area contributed by atoms with Crippen molar-refractivity contribution in [1.82, 2.24) is 14.5 Å². The SMILES string of the molecule is CC[C@H](N)c1nc2cccc(NCc3ccc(C(=O)OC)cn3)c2c(=O)n1-c1ccccc1. The third kappa shape index (κ3) is 4.47. The van der Waals surface area contributed by atoms with E-state index in [1.54, 1.807) is 16.7 Å². The molecule has 8 nitrogen and oxygen atoms in total.